The van der Waals surface area contributed by atoms with Crippen LogP contribution in [-0.2, 0) is 25.5 Å². The number of amides is 1. The number of esters is 1. The summed E-state index contributed by atoms with van der Waals surface area (Å²) in [5.41, 5.74) is 1.93. The quantitative estimate of drug-likeness (QED) is 0.367. The van der Waals surface area contributed by atoms with Crippen LogP contribution in [0.2, 0.25) is 0 Å². The summed E-state index contributed by atoms with van der Waals surface area (Å²) in [6.07, 6.45) is 2.65. The molecule has 0 aliphatic rings. The first-order valence-electron chi connectivity index (χ1n) is 10.5. The van der Waals surface area contributed by atoms with E-state index in [0.29, 0.717) is 38.5 Å². The lowest BCUT2D eigenvalue weighted by Gasteiger charge is -2.08. The van der Waals surface area contributed by atoms with E-state index in [1.807, 2.05) is 25.1 Å². The van der Waals surface area contributed by atoms with Crippen LogP contribution in [-0.4, -0.2) is 38.3 Å². The van der Waals surface area contributed by atoms with Gasteiger partial charge in [0.25, 0.3) is 0 Å². The standard InChI is InChI=1S/C24H31NO5/c1-2-28-18-19-29-22-15-13-21(14-16-22)25-23(26)11-6-12-24(27)30-17-7-10-20-8-4-3-5-9-20/h3-5,8-9,13-16H,2,6-7,10-12,17-19H2,1H3,(H,25,26). The smallest absolute Gasteiger partial charge is 0.305 e. The van der Waals surface area contributed by atoms with Crippen molar-refractivity contribution in [2.75, 3.05) is 31.7 Å². The van der Waals surface area contributed by atoms with Gasteiger partial charge in [-0.05, 0) is 56.0 Å². The van der Waals surface area contributed by atoms with E-state index < -0.39 is 0 Å². The van der Waals surface area contributed by atoms with Crippen LogP contribution < -0.4 is 10.1 Å². The van der Waals surface area contributed by atoms with E-state index in [9.17, 15) is 9.59 Å². The number of aryl methyl sites for hydroxylation is 1. The number of rotatable bonds is 14. The summed E-state index contributed by atoms with van der Waals surface area (Å²) in [5, 5.41) is 2.82. The Morgan fingerprint density at radius 2 is 1.63 bits per heavy atom. The maximum absolute atomic E-state index is 12.0. The Morgan fingerprint density at radius 3 is 2.37 bits per heavy atom. The molecule has 1 amide bonds. The molecule has 2 rings (SSSR count). The number of anilines is 1. The van der Waals surface area contributed by atoms with E-state index >= 15 is 0 Å². The van der Waals surface area contributed by atoms with E-state index in [4.69, 9.17) is 14.2 Å². The van der Waals surface area contributed by atoms with E-state index in [0.717, 1.165) is 18.6 Å². The summed E-state index contributed by atoms with van der Waals surface area (Å²) in [6.45, 7) is 4.04. The van der Waals surface area contributed by atoms with Gasteiger partial charge in [0.1, 0.15) is 12.4 Å². The normalized spacial score (nSPS) is 10.4. The van der Waals surface area contributed by atoms with E-state index in [-0.39, 0.29) is 24.7 Å². The lowest BCUT2D eigenvalue weighted by Crippen LogP contribution is -2.13. The van der Waals surface area contributed by atoms with Crippen molar-refractivity contribution in [2.45, 2.75) is 39.0 Å². The summed E-state index contributed by atoms with van der Waals surface area (Å²) in [5.74, 6) is 0.337. The molecule has 0 heterocycles. The molecule has 30 heavy (non-hydrogen) atoms. The van der Waals surface area contributed by atoms with Crippen molar-refractivity contribution in [1.82, 2.24) is 0 Å². The summed E-state index contributed by atoms with van der Waals surface area (Å²) in [7, 11) is 0. The largest absolute Gasteiger partial charge is 0.491 e. The molecule has 0 atom stereocenters. The fourth-order valence-electron chi connectivity index (χ4n) is 2.79. The molecule has 6 heteroatoms. The van der Waals surface area contributed by atoms with Crippen LogP contribution in [0, 0.1) is 0 Å². The molecule has 0 saturated carbocycles. The first-order valence-corrected chi connectivity index (χ1v) is 10.5. The summed E-state index contributed by atoms with van der Waals surface area (Å²) in [6, 6.07) is 17.3. The first-order chi connectivity index (χ1) is 14.7. The summed E-state index contributed by atoms with van der Waals surface area (Å²) < 4.78 is 16.0. The van der Waals surface area contributed by atoms with Gasteiger partial charge in [-0.2, -0.15) is 0 Å². The molecule has 6 nitrogen and oxygen atoms in total. The lowest BCUT2D eigenvalue weighted by molar-refractivity contribution is -0.143. The third-order valence-electron chi connectivity index (χ3n) is 4.34. The average molecular weight is 414 g/mol. The van der Waals surface area contributed by atoms with E-state index in [1.165, 1.54) is 5.56 Å². The highest BCUT2D eigenvalue weighted by atomic mass is 16.5. The van der Waals surface area contributed by atoms with Crippen molar-refractivity contribution in [3.8, 4) is 5.75 Å². The van der Waals surface area contributed by atoms with Gasteiger partial charge in [0.05, 0.1) is 13.2 Å². The van der Waals surface area contributed by atoms with Gasteiger partial charge in [-0.25, -0.2) is 0 Å². The Labute approximate surface area is 178 Å². The van der Waals surface area contributed by atoms with Gasteiger partial charge < -0.3 is 19.5 Å². The Balaban J connectivity index is 1.54. The molecule has 0 unspecified atom stereocenters. The molecule has 0 saturated heterocycles. The average Bonchev–Trinajstić information content (AvgIpc) is 2.76. The fraction of sp³-hybridized carbons (Fsp3) is 0.417. The lowest BCUT2D eigenvalue weighted by atomic mass is 10.1. The maximum Gasteiger partial charge on any atom is 0.305 e. The molecule has 0 spiro atoms. The van der Waals surface area contributed by atoms with E-state index in [2.05, 4.69) is 17.4 Å². The molecule has 2 aromatic carbocycles. The van der Waals surface area contributed by atoms with Gasteiger partial charge in [0.2, 0.25) is 5.91 Å². The Kier molecular flexibility index (Phi) is 11.1. The van der Waals surface area contributed by atoms with Gasteiger partial charge in [-0.1, -0.05) is 30.3 Å². The third-order valence-corrected chi connectivity index (χ3v) is 4.34. The van der Waals surface area contributed by atoms with Crippen molar-refractivity contribution in [2.24, 2.45) is 0 Å². The van der Waals surface area contributed by atoms with Crippen LogP contribution >= 0.6 is 0 Å². The first kappa shape index (κ1) is 23.4. The molecule has 0 fully saturated rings. The number of carbonyl (C=O) groups is 2. The van der Waals surface area contributed by atoms with E-state index in [1.54, 1.807) is 24.3 Å². The van der Waals surface area contributed by atoms with Crippen LogP contribution in [0.1, 0.15) is 38.2 Å². The van der Waals surface area contributed by atoms with Crippen LogP contribution in [0.15, 0.2) is 54.6 Å². The van der Waals surface area contributed by atoms with Crippen molar-refractivity contribution in [3.63, 3.8) is 0 Å². The highest BCUT2D eigenvalue weighted by molar-refractivity contribution is 5.90. The predicted octanol–water partition coefficient (Wildman–Crippen LogP) is 4.39. The molecule has 162 valence electrons. The number of nitrogens with one attached hydrogen (secondary N) is 1. The molecule has 1 N–H and O–H groups in total. The Hall–Kier alpha value is -2.86. The highest BCUT2D eigenvalue weighted by Crippen LogP contribution is 2.16. The summed E-state index contributed by atoms with van der Waals surface area (Å²) >= 11 is 0. The minimum atomic E-state index is -0.260. The van der Waals surface area contributed by atoms with Crippen LogP contribution in [0.25, 0.3) is 0 Å². The number of hydrogen-bond donors (Lipinski definition) is 1. The fourth-order valence-corrected chi connectivity index (χ4v) is 2.79. The Bertz CT molecular complexity index is 746. The number of benzene rings is 2. The molecule has 0 aliphatic heterocycles. The third kappa shape index (κ3) is 10.1. The molecule has 0 aliphatic carbocycles. The topological polar surface area (TPSA) is 73.9 Å². The second-order valence-electron chi connectivity index (χ2n) is 6.78. The minimum absolute atomic E-state index is 0.128. The second kappa shape index (κ2) is 14.2. The Morgan fingerprint density at radius 1 is 0.867 bits per heavy atom. The van der Waals surface area contributed by atoms with Crippen molar-refractivity contribution in [3.05, 3.63) is 60.2 Å². The number of ether oxygens (including phenoxy) is 3. The van der Waals surface area contributed by atoms with Crippen LogP contribution in [0.5, 0.6) is 5.75 Å². The molecule has 0 radical (unpaired) electrons. The zero-order chi connectivity index (χ0) is 21.4. The molecular weight excluding hydrogens is 382 g/mol. The van der Waals surface area contributed by atoms with Crippen molar-refractivity contribution >= 4 is 17.6 Å². The molecule has 0 aromatic heterocycles. The zero-order valence-corrected chi connectivity index (χ0v) is 17.6. The molecule has 0 bridgehead atoms. The molecule has 2 aromatic rings. The highest BCUT2D eigenvalue weighted by Gasteiger charge is 2.07. The number of carbonyl (C=O) groups excluding carboxylic acids is 2. The number of hydrogen-bond acceptors (Lipinski definition) is 5. The van der Waals surface area contributed by atoms with Crippen LogP contribution in [0.4, 0.5) is 5.69 Å². The van der Waals surface area contributed by atoms with Crippen molar-refractivity contribution < 1.29 is 23.8 Å². The van der Waals surface area contributed by atoms with Gasteiger partial charge in [0.15, 0.2) is 0 Å². The second-order valence-corrected chi connectivity index (χ2v) is 6.78. The van der Waals surface area contributed by atoms with Gasteiger partial charge in [-0.3, -0.25) is 9.59 Å². The maximum atomic E-state index is 12.0. The zero-order valence-electron chi connectivity index (χ0n) is 17.6. The molecular formula is C24H31NO5. The van der Waals surface area contributed by atoms with Gasteiger partial charge in [0, 0.05) is 25.1 Å². The SMILES string of the molecule is CCOCCOc1ccc(NC(=O)CCCC(=O)OCCCc2ccccc2)cc1. The van der Waals surface area contributed by atoms with Crippen LogP contribution in [0.3, 0.4) is 0 Å². The monoisotopic (exact) mass is 413 g/mol. The van der Waals surface area contributed by atoms with Gasteiger partial charge in [-0.15, -0.1) is 0 Å². The summed E-state index contributed by atoms with van der Waals surface area (Å²) in [4.78, 5) is 23.8. The predicted molar refractivity (Wildman–Crippen MR) is 117 cm³/mol. The van der Waals surface area contributed by atoms with Crippen molar-refractivity contribution in [1.29, 1.82) is 0 Å². The minimum Gasteiger partial charge on any atom is -0.491 e. The van der Waals surface area contributed by atoms with Gasteiger partial charge >= 0.3 is 5.97 Å².